The zero-order valence-corrected chi connectivity index (χ0v) is 12.3. The molecule has 4 fully saturated rings. The molecule has 4 aliphatic rings. The summed E-state index contributed by atoms with van der Waals surface area (Å²) in [7, 11) is 0. The maximum Gasteiger partial charge on any atom is 0.134 e. The molecule has 3 nitrogen and oxygen atoms in total. The van der Waals surface area contributed by atoms with Crippen molar-refractivity contribution < 1.29 is 0 Å². The van der Waals surface area contributed by atoms with Crippen LogP contribution in [0.25, 0.3) is 0 Å². The lowest BCUT2D eigenvalue weighted by molar-refractivity contribution is -0.0373. The van der Waals surface area contributed by atoms with Gasteiger partial charge < -0.3 is 4.90 Å². The molecule has 0 radical (unpaired) electrons. The molecule has 18 heavy (non-hydrogen) atoms. The van der Waals surface area contributed by atoms with Gasteiger partial charge >= 0.3 is 0 Å². The van der Waals surface area contributed by atoms with Gasteiger partial charge in [0, 0.05) is 25.6 Å². The molecule has 4 heterocycles. The number of nitrogens with zero attached hydrogens (tertiary/aromatic N) is 3. The van der Waals surface area contributed by atoms with Crippen molar-refractivity contribution in [1.29, 1.82) is 0 Å². The van der Waals surface area contributed by atoms with E-state index in [9.17, 15) is 0 Å². The second-order valence-corrected chi connectivity index (χ2v) is 7.77. The predicted molar refractivity (Wildman–Crippen MR) is 75.2 cm³/mol. The van der Waals surface area contributed by atoms with Gasteiger partial charge in [-0.25, -0.2) is 0 Å². The number of thioether (sulfide) groups is 1. The highest BCUT2D eigenvalue weighted by atomic mass is 32.2. The number of rotatable bonds is 3. The fourth-order valence-electron chi connectivity index (χ4n) is 4.48. The Hall–Kier alpha value is -0.130. The molecule has 0 aromatic carbocycles. The van der Waals surface area contributed by atoms with Gasteiger partial charge in [-0.2, -0.15) is 8.75 Å². The number of piperidine rings is 3. The average Bonchev–Trinajstić information content (AvgIpc) is 2.76. The Labute approximate surface area is 117 Å². The topological polar surface area (TPSA) is 29.0 Å². The first-order chi connectivity index (χ1) is 8.85. The number of hydrogen-bond acceptors (Lipinski definition) is 5. The Morgan fingerprint density at radius 1 is 1.22 bits per heavy atom. The molecular formula is C13H19N3S2. The van der Waals surface area contributed by atoms with E-state index in [0.717, 1.165) is 23.5 Å². The SMILES string of the molecule is CCSc1nsnc1C1C2CC3CC1CN(C3)C2. The molecule has 0 amide bonds. The highest BCUT2D eigenvalue weighted by Gasteiger charge is 2.49. The normalized spacial score (nSPS) is 41.5. The average molecular weight is 281 g/mol. The van der Waals surface area contributed by atoms with Crippen molar-refractivity contribution in [1.82, 2.24) is 13.6 Å². The lowest BCUT2D eigenvalue weighted by Crippen LogP contribution is -2.56. The molecule has 3 aliphatic heterocycles. The maximum atomic E-state index is 4.67. The fourth-order valence-corrected chi connectivity index (χ4v) is 5.96. The van der Waals surface area contributed by atoms with E-state index in [1.54, 1.807) is 0 Å². The molecule has 5 rings (SSSR count). The van der Waals surface area contributed by atoms with Crippen LogP contribution in [0.1, 0.15) is 31.4 Å². The van der Waals surface area contributed by atoms with Crippen molar-refractivity contribution in [3.05, 3.63) is 5.69 Å². The third-order valence-electron chi connectivity index (χ3n) is 4.87. The summed E-state index contributed by atoms with van der Waals surface area (Å²) in [6, 6.07) is 0. The van der Waals surface area contributed by atoms with Crippen LogP contribution in [0.4, 0.5) is 0 Å². The van der Waals surface area contributed by atoms with Gasteiger partial charge in [-0.3, -0.25) is 0 Å². The third-order valence-corrected chi connectivity index (χ3v) is 6.39. The predicted octanol–water partition coefficient (Wildman–Crippen LogP) is 2.71. The van der Waals surface area contributed by atoms with Crippen LogP contribution in [0.15, 0.2) is 5.03 Å². The standard InChI is InChI=1S/C13H19N3S2/c1-2-17-13-12(14-18-15-13)11-9-3-8-4-10(11)7-16(5-8)6-9/h8-11H,2-7H2,1H3. The highest BCUT2D eigenvalue weighted by Crippen LogP contribution is 2.52. The Kier molecular flexibility index (Phi) is 2.89. The molecule has 2 atom stereocenters. The van der Waals surface area contributed by atoms with Crippen LogP contribution in [0, 0.1) is 17.8 Å². The lowest BCUT2D eigenvalue weighted by atomic mass is 9.61. The Bertz CT molecular complexity index is 417. The van der Waals surface area contributed by atoms with E-state index in [4.69, 9.17) is 0 Å². The first-order valence-electron chi connectivity index (χ1n) is 7.02. The van der Waals surface area contributed by atoms with Gasteiger partial charge in [0.25, 0.3) is 0 Å². The maximum absolute atomic E-state index is 4.67. The lowest BCUT2D eigenvalue weighted by Gasteiger charge is -2.55. The summed E-state index contributed by atoms with van der Waals surface area (Å²) in [4.78, 5) is 2.69. The first-order valence-corrected chi connectivity index (χ1v) is 8.74. The van der Waals surface area contributed by atoms with Crippen molar-refractivity contribution in [2.24, 2.45) is 17.8 Å². The van der Waals surface area contributed by atoms with Crippen LogP contribution in [0.3, 0.4) is 0 Å². The van der Waals surface area contributed by atoms with Crippen molar-refractivity contribution in [2.75, 3.05) is 25.4 Å². The van der Waals surface area contributed by atoms with Gasteiger partial charge in [0.2, 0.25) is 0 Å². The van der Waals surface area contributed by atoms with Crippen LogP contribution in [0.2, 0.25) is 0 Å². The summed E-state index contributed by atoms with van der Waals surface area (Å²) < 4.78 is 9.19. The summed E-state index contributed by atoms with van der Waals surface area (Å²) in [5.74, 6) is 4.51. The van der Waals surface area contributed by atoms with Gasteiger partial charge in [0.15, 0.2) is 0 Å². The number of aromatic nitrogens is 2. The molecule has 1 aliphatic carbocycles. The molecule has 2 unspecified atom stereocenters. The largest absolute Gasteiger partial charge is 0.302 e. The van der Waals surface area contributed by atoms with E-state index in [0.29, 0.717) is 5.92 Å². The minimum Gasteiger partial charge on any atom is -0.302 e. The van der Waals surface area contributed by atoms with Crippen LogP contribution < -0.4 is 0 Å². The second-order valence-electron chi connectivity index (χ2n) is 5.99. The van der Waals surface area contributed by atoms with E-state index in [2.05, 4.69) is 20.6 Å². The quantitative estimate of drug-likeness (QED) is 0.797. The van der Waals surface area contributed by atoms with E-state index in [1.807, 2.05) is 11.8 Å². The van der Waals surface area contributed by atoms with Crippen molar-refractivity contribution in [3.63, 3.8) is 0 Å². The summed E-state index contributed by atoms with van der Waals surface area (Å²) >= 11 is 3.29. The summed E-state index contributed by atoms with van der Waals surface area (Å²) in [5.41, 5.74) is 1.35. The second kappa shape index (κ2) is 4.46. The first kappa shape index (κ1) is 11.7. The summed E-state index contributed by atoms with van der Waals surface area (Å²) in [6.45, 7) is 6.19. The van der Waals surface area contributed by atoms with Gasteiger partial charge in [-0.05, 0) is 36.3 Å². The molecule has 4 bridgehead atoms. The minimum absolute atomic E-state index is 0.714. The monoisotopic (exact) mass is 281 g/mol. The Morgan fingerprint density at radius 2 is 2.00 bits per heavy atom. The van der Waals surface area contributed by atoms with Gasteiger partial charge in [-0.1, -0.05) is 6.92 Å². The Balaban J connectivity index is 1.66. The molecule has 1 saturated carbocycles. The molecule has 1 aromatic rings. The highest BCUT2D eigenvalue weighted by molar-refractivity contribution is 7.99. The van der Waals surface area contributed by atoms with Crippen LogP contribution in [-0.4, -0.2) is 39.0 Å². The number of hydrogen-bond donors (Lipinski definition) is 0. The summed E-state index contributed by atoms with van der Waals surface area (Å²) in [6.07, 6.45) is 2.87. The summed E-state index contributed by atoms with van der Waals surface area (Å²) in [5, 5.41) is 1.23. The van der Waals surface area contributed by atoms with Crippen LogP contribution in [0.5, 0.6) is 0 Å². The van der Waals surface area contributed by atoms with E-state index >= 15 is 0 Å². The molecule has 1 aromatic heterocycles. The Morgan fingerprint density at radius 3 is 2.67 bits per heavy atom. The van der Waals surface area contributed by atoms with Crippen molar-refractivity contribution in [2.45, 2.75) is 30.7 Å². The van der Waals surface area contributed by atoms with E-state index < -0.39 is 0 Å². The minimum atomic E-state index is 0.714. The third kappa shape index (κ3) is 1.74. The molecule has 3 saturated heterocycles. The fraction of sp³-hybridized carbons (Fsp3) is 0.846. The molecule has 98 valence electrons. The van der Waals surface area contributed by atoms with Crippen molar-refractivity contribution >= 4 is 23.5 Å². The molecule has 0 N–H and O–H groups in total. The van der Waals surface area contributed by atoms with Crippen molar-refractivity contribution in [3.8, 4) is 0 Å². The molecular weight excluding hydrogens is 262 g/mol. The van der Waals surface area contributed by atoms with Crippen LogP contribution in [-0.2, 0) is 0 Å². The zero-order valence-electron chi connectivity index (χ0n) is 10.7. The van der Waals surface area contributed by atoms with E-state index in [-0.39, 0.29) is 0 Å². The molecule has 5 heteroatoms. The van der Waals surface area contributed by atoms with Gasteiger partial charge in [-0.15, -0.1) is 11.8 Å². The zero-order chi connectivity index (χ0) is 12.1. The van der Waals surface area contributed by atoms with Crippen LogP contribution >= 0.6 is 23.5 Å². The van der Waals surface area contributed by atoms with E-state index in [1.165, 1.54) is 54.9 Å². The smallest absolute Gasteiger partial charge is 0.134 e. The van der Waals surface area contributed by atoms with Gasteiger partial charge in [0.05, 0.1) is 17.4 Å². The molecule has 0 spiro atoms. The van der Waals surface area contributed by atoms with Gasteiger partial charge in [0.1, 0.15) is 5.03 Å².